The van der Waals surface area contributed by atoms with E-state index < -0.39 is 19.5 Å². The Morgan fingerprint density at radius 2 is 2.00 bits per heavy atom. The Balaban J connectivity index is 4.04. The summed E-state index contributed by atoms with van der Waals surface area (Å²) in [5, 5.41) is 7.63. The molecule has 4 nitrogen and oxygen atoms in total. The molecule has 0 aromatic carbocycles. The highest BCUT2D eigenvalue weighted by atomic mass is 31.2. The molecule has 0 spiro atoms. The van der Waals surface area contributed by atoms with Crippen LogP contribution in [0, 0.1) is 0 Å². The minimum absolute atomic E-state index is 0.447. The second kappa shape index (κ2) is 2.42. The highest BCUT2D eigenvalue weighted by Crippen LogP contribution is 2.42. The SMILES string of the molecule is C=C(CO)P(=O)(O)O. The maximum atomic E-state index is 10.00. The molecular weight excluding hydrogens is 131 g/mol. The summed E-state index contributed by atoms with van der Waals surface area (Å²) in [6.07, 6.45) is 0. The van der Waals surface area contributed by atoms with Crippen molar-refractivity contribution in [1.29, 1.82) is 0 Å². The lowest BCUT2D eigenvalue weighted by atomic mass is 10.7. The fourth-order valence-corrected chi connectivity index (χ4v) is 0.276. The number of rotatable bonds is 2. The highest BCUT2D eigenvalue weighted by Gasteiger charge is 2.16. The summed E-state index contributed by atoms with van der Waals surface area (Å²) >= 11 is 0. The number of hydrogen-bond donors (Lipinski definition) is 3. The Morgan fingerprint density at radius 3 is 2.00 bits per heavy atom. The average Bonchev–Trinajstić information content (AvgIpc) is 1.62. The van der Waals surface area contributed by atoms with Crippen molar-refractivity contribution in [3.05, 3.63) is 11.9 Å². The monoisotopic (exact) mass is 138 g/mol. The summed E-state index contributed by atoms with van der Waals surface area (Å²) in [6, 6.07) is 0. The summed E-state index contributed by atoms with van der Waals surface area (Å²) in [4.78, 5) is 16.3. The predicted molar refractivity (Wildman–Crippen MR) is 28.3 cm³/mol. The topological polar surface area (TPSA) is 77.8 Å². The van der Waals surface area contributed by atoms with E-state index in [-0.39, 0.29) is 0 Å². The lowest BCUT2D eigenvalue weighted by Gasteiger charge is -2.01. The summed E-state index contributed by atoms with van der Waals surface area (Å²) < 4.78 is 10.00. The molecule has 8 heavy (non-hydrogen) atoms. The molecule has 0 heterocycles. The summed E-state index contributed by atoms with van der Waals surface area (Å²) in [6.45, 7) is 2.27. The molecule has 0 fully saturated rings. The first kappa shape index (κ1) is 7.85. The van der Waals surface area contributed by atoms with Crippen LogP contribution < -0.4 is 0 Å². The Hall–Kier alpha value is -0.150. The van der Waals surface area contributed by atoms with E-state index in [0.29, 0.717) is 0 Å². The molecular formula is C3H7O4P. The Kier molecular flexibility index (Phi) is 2.37. The van der Waals surface area contributed by atoms with Gasteiger partial charge in [-0.15, -0.1) is 0 Å². The molecule has 5 heteroatoms. The van der Waals surface area contributed by atoms with E-state index in [9.17, 15) is 4.57 Å². The maximum Gasteiger partial charge on any atom is 0.353 e. The molecule has 0 atom stereocenters. The molecule has 0 saturated carbocycles. The molecule has 0 unspecified atom stereocenters. The summed E-state index contributed by atoms with van der Waals surface area (Å²) in [5.41, 5.74) is 0. The van der Waals surface area contributed by atoms with Gasteiger partial charge in [0, 0.05) is 0 Å². The van der Waals surface area contributed by atoms with Crippen LogP contribution in [0.25, 0.3) is 0 Å². The van der Waals surface area contributed by atoms with Crippen LogP contribution in [0.3, 0.4) is 0 Å². The summed E-state index contributed by atoms with van der Waals surface area (Å²) in [5.74, 6) is 0. The van der Waals surface area contributed by atoms with Crippen LogP contribution in [0.1, 0.15) is 0 Å². The molecule has 0 amide bonds. The first-order valence-corrected chi connectivity index (χ1v) is 3.44. The second-order valence-electron chi connectivity index (χ2n) is 1.27. The first-order valence-electron chi connectivity index (χ1n) is 1.83. The van der Waals surface area contributed by atoms with Crippen molar-refractivity contribution >= 4 is 7.60 Å². The van der Waals surface area contributed by atoms with Gasteiger partial charge in [0.25, 0.3) is 0 Å². The van der Waals surface area contributed by atoms with E-state index in [1.165, 1.54) is 0 Å². The molecule has 0 rings (SSSR count). The standard InChI is InChI=1S/C3H7O4P/c1-3(2-4)8(5,6)7/h4H,1-2H2,(H2,5,6,7). The minimum atomic E-state index is -4.20. The van der Waals surface area contributed by atoms with Gasteiger partial charge in [0.05, 0.1) is 11.9 Å². The molecule has 0 bridgehead atoms. The fourth-order valence-electron chi connectivity index (χ4n) is 0.0921. The van der Waals surface area contributed by atoms with Crippen molar-refractivity contribution < 1.29 is 19.5 Å². The Labute approximate surface area is 46.6 Å². The minimum Gasteiger partial charge on any atom is -0.391 e. The number of aliphatic hydroxyl groups excluding tert-OH is 1. The zero-order valence-electron chi connectivity index (χ0n) is 4.11. The van der Waals surface area contributed by atoms with Crippen LogP contribution in [0.2, 0.25) is 0 Å². The molecule has 0 radical (unpaired) electrons. The van der Waals surface area contributed by atoms with Crippen LogP contribution in [0.15, 0.2) is 11.9 Å². The highest BCUT2D eigenvalue weighted by molar-refractivity contribution is 7.56. The van der Waals surface area contributed by atoms with Crippen molar-refractivity contribution in [2.45, 2.75) is 0 Å². The lowest BCUT2D eigenvalue weighted by Crippen LogP contribution is -1.88. The Bertz CT molecular complexity index is 134. The quantitative estimate of drug-likeness (QED) is 0.456. The molecule has 0 aromatic heterocycles. The largest absolute Gasteiger partial charge is 0.391 e. The third-order valence-corrected chi connectivity index (χ3v) is 1.56. The normalized spacial score (nSPS) is 11.4. The molecule has 0 aliphatic heterocycles. The van der Waals surface area contributed by atoms with Gasteiger partial charge in [0.1, 0.15) is 0 Å². The number of hydrogen-bond acceptors (Lipinski definition) is 2. The van der Waals surface area contributed by atoms with Gasteiger partial charge in [0.2, 0.25) is 0 Å². The van der Waals surface area contributed by atoms with Crippen molar-refractivity contribution in [2.75, 3.05) is 6.61 Å². The molecule has 0 aliphatic carbocycles. The van der Waals surface area contributed by atoms with Gasteiger partial charge in [-0.2, -0.15) is 0 Å². The van der Waals surface area contributed by atoms with Gasteiger partial charge in [-0.05, 0) is 0 Å². The van der Waals surface area contributed by atoms with E-state index in [4.69, 9.17) is 14.9 Å². The van der Waals surface area contributed by atoms with E-state index in [1.807, 2.05) is 0 Å². The lowest BCUT2D eigenvalue weighted by molar-refractivity contribution is 0.322. The van der Waals surface area contributed by atoms with Crippen molar-refractivity contribution in [2.24, 2.45) is 0 Å². The van der Waals surface area contributed by atoms with Crippen LogP contribution in [-0.2, 0) is 4.57 Å². The zero-order chi connectivity index (χ0) is 6.78. The van der Waals surface area contributed by atoms with Gasteiger partial charge in [-0.25, -0.2) is 0 Å². The van der Waals surface area contributed by atoms with Gasteiger partial charge in [-0.1, -0.05) is 6.58 Å². The van der Waals surface area contributed by atoms with E-state index >= 15 is 0 Å². The average molecular weight is 138 g/mol. The van der Waals surface area contributed by atoms with Crippen molar-refractivity contribution in [3.63, 3.8) is 0 Å². The smallest absolute Gasteiger partial charge is 0.353 e. The molecule has 0 aromatic rings. The Morgan fingerprint density at radius 1 is 1.62 bits per heavy atom. The summed E-state index contributed by atoms with van der Waals surface area (Å²) in [7, 11) is -4.20. The molecule has 3 N–H and O–H groups in total. The van der Waals surface area contributed by atoms with Crippen LogP contribution in [0.4, 0.5) is 0 Å². The fraction of sp³-hybridized carbons (Fsp3) is 0.333. The van der Waals surface area contributed by atoms with Crippen LogP contribution in [-0.4, -0.2) is 21.5 Å². The third kappa shape index (κ3) is 2.23. The van der Waals surface area contributed by atoms with E-state index in [2.05, 4.69) is 6.58 Å². The zero-order valence-corrected chi connectivity index (χ0v) is 5.01. The van der Waals surface area contributed by atoms with Gasteiger partial charge < -0.3 is 14.9 Å². The van der Waals surface area contributed by atoms with Crippen LogP contribution >= 0.6 is 7.60 Å². The van der Waals surface area contributed by atoms with Crippen molar-refractivity contribution in [1.82, 2.24) is 0 Å². The van der Waals surface area contributed by atoms with Gasteiger partial charge >= 0.3 is 7.60 Å². The first-order chi connectivity index (χ1) is 3.48. The second-order valence-corrected chi connectivity index (χ2v) is 2.99. The third-order valence-electron chi connectivity index (χ3n) is 0.594. The van der Waals surface area contributed by atoms with E-state index in [0.717, 1.165) is 0 Å². The van der Waals surface area contributed by atoms with Crippen molar-refractivity contribution in [3.8, 4) is 0 Å². The van der Waals surface area contributed by atoms with Gasteiger partial charge in [-0.3, -0.25) is 4.57 Å². The molecule has 0 saturated heterocycles. The van der Waals surface area contributed by atoms with Gasteiger partial charge in [0.15, 0.2) is 0 Å². The predicted octanol–water partition coefficient (Wildman–Crippen LogP) is -0.330. The maximum absolute atomic E-state index is 10.00. The van der Waals surface area contributed by atoms with Crippen LogP contribution in [0.5, 0.6) is 0 Å². The van der Waals surface area contributed by atoms with E-state index in [1.54, 1.807) is 0 Å². The molecule has 48 valence electrons. The number of aliphatic hydroxyl groups is 1. The molecule has 0 aliphatic rings.